The van der Waals surface area contributed by atoms with E-state index in [-0.39, 0.29) is 0 Å². The van der Waals surface area contributed by atoms with Gasteiger partial charge in [0.05, 0.1) is 11.8 Å². The Morgan fingerprint density at radius 3 is 2.71 bits per heavy atom. The summed E-state index contributed by atoms with van der Waals surface area (Å²) < 4.78 is 1.80. The molecule has 4 nitrogen and oxygen atoms in total. The Labute approximate surface area is 106 Å². The summed E-state index contributed by atoms with van der Waals surface area (Å²) in [5.41, 5.74) is 2.95. The van der Waals surface area contributed by atoms with Crippen LogP contribution < -0.4 is 0 Å². The molecule has 2 heterocycles. The van der Waals surface area contributed by atoms with Gasteiger partial charge in [0.1, 0.15) is 5.15 Å². The molecule has 0 aliphatic carbocycles. The van der Waals surface area contributed by atoms with Crippen molar-refractivity contribution in [2.75, 3.05) is 0 Å². The summed E-state index contributed by atoms with van der Waals surface area (Å²) in [7, 11) is 1.90. The largest absolute Gasteiger partial charge is 0.272 e. The normalized spacial score (nSPS) is 10.8. The molecule has 0 saturated carbocycles. The zero-order valence-electron chi connectivity index (χ0n) is 10.2. The minimum Gasteiger partial charge on any atom is -0.272 e. The van der Waals surface area contributed by atoms with Crippen LogP contribution in [0.5, 0.6) is 0 Å². The van der Waals surface area contributed by atoms with E-state index in [1.165, 1.54) is 0 Å². The lowest BCUT2D eigenvalue weighted by Gasteiger charge is -2.04. The zero-order chi connectivity index (χ0) is 12.4. The number of aryl methyl sites for hydroxylation is 2. The first-order chi connectivity index (χ1) is 8.11. The first kappa shape index (κ1) is 12.0. The molecule has 0 aliphatic rings. The molecule has 0 fully saturated rings. The Bertz CT molecular complexity index is 533. The Kier molecular flexibility index (Phi) is 3.43. The van der Waals surface area contributed by atoms with Crippen LogP contribution >= 0.6 is 11.6 Å². The average Bonchev–Trinajstić information content (AvgIpc) is 2.59. The Morgan fingerprint density at radius 2 is 2.12 bits per heavy atom. The van der Waals surface area contributed by atoms with E-state index in [2.05, 4.69) is 22.0 Å². The molecule has 90 valence electrons. The van der Waals surface area contributed by atoms with Crippen LogP contribution in [0.3, 0.4) is 0 Å². The van der Waals surface area contributed by atoms with E-state index in [1.54, 1.807) is 10.9 Å². The molecule has 0 atom stereocenters. The monoisotopic (exact) mass is 250 g/mol. The van der Waals surface area contributed by atoms with Gasteiger partial charge in [0.25, 0.3) is 0 Å². The van der Waals surface area contributed by atoms with Gasteiger partial charge >= 0.3 is 0 Å². The SMILES string of the molecule is CCCc1cc(Cl)nc(-c2cnn(C)c2C)n1. The maximum absolute atomic E-state index is 6.02. The van der Waals surface area contributed by atoms with E-state index >= 15 is 0 Å². The second-order valence-electron chi connectivity index (χ2n) is 4.02. The highest BCUT2D eigenvalue weighted by atomic mass is 35.5. The van der Waals surface area contributed by atoms with Crippen molar-refractivity contribution >= 4 is 11.6 Å². The number of hydrogen-bond donors (Lipinski definition) is 0. The molecule has 0 spiro atoms. The highest BCUT2D eigenvalue weighted by molar-refractivity contribution is 6.29. The first-order valence-electron chi connectivity index (χ1n) is 5.64. The first-order valence-corrected chi connectivity index (χ1v) is 6.02. The maximum atomic E-state index is 6.02. The van der Waals surface area contributed by atoms with Gasteiger partial charge in [0, 0.05) is 18.4 Å². The van der Waals surface area contributed by atoms with Crippen LogP contribution in [0, 0.1) is 6.92 Å². The zero-order valence-corrected chi connectivity index (χ0v) is 11.0. The van der Waals surface area contributed by atoms with Gasteiger partial charge < -0.3 is 0 Å². The summed E-state index contributed by atoms with van der Waals surface area (Å²) in [6, 6.07) is 1.82. The number of nitrogens with zero attached hydrogens (tertiary/aromatic N) is 4. The van der Waals surface area contributed by atoms with Gasteiger partial charge in [0.2, 0.25) is 0 Å². The third-order valence-corrected chi connectivity index (χ3v) is 2.92. The highest BCUT2D eigenvalue weighted by Gasteiger charge is 2.11. The molecule has 0 aromatic carbocycles. The third-order valence-electron chi connectivity index (χ3n) is 2.73. The van der Waals surface area contributed by atoms with Crippen molar-refractivity contribution in [3.63, 3.8) is 0 Å². The van der Waals surface area contributed by atoms with Crippen molar-refractivity contribution in [2.24, 2.45) is 7.05 Å². The van der Waals surface area contributed by atoms with Crippen molar-refractivity contribution in [3.8, 4) is 11.4 Å². The molecule has 0 radical (unpaired) electrons. The summed E-state index contributed by atoms with van der Waals surface area (Å²) in [6.45, 7) is 4.11. The lowest BCUT2D eigenvalue weighted by molar-refractivity contribution is 0.740. The van der Waals surface area contributed by atoms with Crippen LogP contribution in [0.1, 0.15) is 24.7 Å². The average molecular weight is 251 g/mol. The van der Waals surface area contributed by atoms with Crippen molar-refractivity contribution in [1.29, 1.82) is 0 Å². The smallest absolute Gasteiger partial charge is 0.164 e. The van der Waals surface area contributed by atoms with Crippen molar-refractivity contribution in [3.05, 3.63) is 28.8 Å². The highest BCUT2D eigenvalue weighted by Crippen LogP contribution is 2.21. The quantitative estimate of drug-likeness (QED) is 0.787. The molecule has 2 rings (SSSR count). The van der Waals surface area contributed by atoms with Gasteiger partial charge in [0.15, 0.2) is 5.82 Å². The number of hydrogen-bond acceptors (Lipinski definition) is 3. The lowest BCUT2D eigenvalue weighted by atomic mass is 10.2. The molecule has 0 saturated heterocycles. The molecule has 5 heteroatoms. The Hall–Kier alpha value is -1.42. The number of aromatic nitrogens is 4. The summed E-state index contributed by atoms with van der Waals surface area (Å²) in [5.74, 6) is 0.659. The minimum atomic E-state index is 0.488. The van der Waals surface area contributed by atoms with Gasteiger partial charge in [-0.05, 0) is 19.4 Å². The second kappa shape index (κ2) is 4.84. The van der Waals surface area contributed by atoms with Gasteiger partial charge in [-0.15, -0.1) is 0 Å². The standard InChI is InChI=1S/C12H15ClN4/c1-4-5-9-6-11(13)16-12(15-9)10-7-14-17(3)8(10)2/h6-7H,4-5H2,1-3H3. The van der Waals surface area contributed by atoms with Crippen LogP contribution in [0.25, 0.3) is 11.4 Å². The van der Waals surface area contributed by atoms with E-state index in [9.17, 15) is 0 Å². The van der Waals surface area contributed by atoms with Crippen LogP contribution in [0.15, 0.2) is 12.3 Å². The minimum absolute atomic E-state index is 0.488. The Balaban J connectivity index is 2.48. The molecule has 0 bridgehead atoms. The third kappa shape index (κ3) is 2.47. The summed E-state index contributed by atoms with van der Waals surface area (Å²) in [4.78, 5) is 8.78. The summed E-state index contributed by atoms with van der Waals surface area (Å²) in [5, 5.41) is 4.68. The van der Waals surface area contributed by atoms with Crippen molar-refractivity contribution in [1.82, 2.24) is 19.7 Å². The fourth-order valence-electron chi connectivity index (χ4n) is 1.69. The van der Waals surface area contributed by atoms with Gasteiger partial charge in [-0.1, -0.05) is 24.9 Å². The topological polar surface area (TPSA) is 43.6 Å². The van der Waals surface area contributed by atoms with Gasteiger partial charge in [-0.25, -0.2) is 9.97 Å². The molecule has 0 unspecified atom stereocenters. The van der Waals surface area contributed by atoms with E-state index in [1.807, 2.05) is 20.0 Å². The van der Waals surface area contributed by atoms with Crippen LogP contribution in [-0.2, 0) is 13.5 Å². The number of halogens is 1. The fraction of sp³-hybridized carbons (Fsp3) is 0.417. The molecular weight excluding hydrogens is 236 g/mol. The van der Waals surface area contributed by atoms with E-state index in [0.29, 0.717) is 11.0 Å². The Morgan fingerprint density at radius 1 is 1.35 bits per heavy atom. The van der Waals surface area contributed by atoms with Crippen LogP contribution in [-0.4, -0.2) is 19.7 Å². The molecule has 17 heavy (non-hydrogen) atoms. The molecule has 0 aliphatic heterocycles. The summed E-state index contributed by atoms with van der Waals surface area (Å²) >= 11 is 6.02. The molecule has 2 aromatic heterocycles. The van der Waals surface area contributed by atoms with Gasteiger partial charge in [-0.2, -0.15) is 5.10 Å². The number of rotatable bonds is 3. The van der Waals surface area contributed by atoms with E-state index in [4.69, 9.17) is 11.6 Å². The predicted octanol–water partition coefficient (Wildman–Crippen LogP) is 2.79. The second-order valence-corrected chi connectivity index (χ2v) is 4.41. The van der Waals surface area contributed by atoms with E-state index in [0.717, 1.165) is 29.8 Å². The molecule has 2 aromatic rings. The van der Waals surface area contributed by atoms with Crippen molar-refractivity contribution in [2.45, 2.75) is 26.7 Å². The fourth-order valence-corrected chi connectivity index (χ4v) is 1.89. The predicted molar refractivity (Wildman–Crippen MR) is 68.0 cm³/mol. The van der Waals surface area contributed by atoms with Crippen molar-refractivity contribution < 1.29 is 0 Å². The maximum Gasteiger partial charge on any atom is 0.164 e. The van der Waals surface area contributed by atoms with E-state index < -0.39 is 0 Å². The lowest BCUT2D eigenvalue weighted by Crippen LogP contribution is -1.98. The van der Waals surface area contributed by atoms with Gasteiger partial charge in [-0.3, -0.25) is 4.68 Å². The molecule has 0 amide bonds. The van der Waals surface area contributed by atoms with Crippen LogP contribution in [0.2, 0.25) is 5.15 Å². The molecule has 0 N–H and O–H groups in total. The van der Waals surface area contributed by atoms with Crippen LogP contribution in [0.4, 0.5) is 0 Å². The summed E-state index contributed by atoms with van der Waals surface area (Å²) in [6.07, 6.45) is 3.73. The molecular formula is C12H15ClN4.